The van der Waals surface area contributed by atoms with Gasteiger partial charge < -0.3 is 14.6 Å². The molecule has 1 aromatic carbocycles. The number of nitrogens with zero attached hydrogens (tertiary/aromatic N) is 6. The van der Waals surface area contributed by atoms with Gasteiger partial charge in [0.25, 0.3) is 0 Å². The maximum Gasteiger partial charge on any atom is 0.226 e. The number of pyridine rings is 1. The first-order valence-corrected chi connectivity index (χ1v) is 11.0. The number of para-hydroxylation sites is 1. The molecule has 1 atom stereocenters. The van der Waals surface area contributed by atoms with Gasteiger partial charge >= 0.3 is 0 Å². The monoisotopic (exact) mass is 437 g/mol. The Morgan fingerprint density at radius 2 is 1.79 bits per heavy atom. The second kappa shape index (κ2) is 7.74. The van der Waals surface area contributed by atoms with Crippen LogP contribution in [-0.4, -0.2) is 36.1 Å². The van der Waals surface area contributed by atoms with Gasteiger partial charge in [0, 0.05) is 24.4 Å². The van der Waals surface area contributed by atoms with E-state index in [0.29, 0.717) is 11.7 Å². The van der Waals surface area contributed by atoms with Crippen LogP contribution >= 0.6 is 0 Å². The zero-order valence-electron chi connectivity index (χ0n) is 18.4. The predicted octanol–water partition coefficient (Wildman–Crippen LogP) is 4.41. The van der Waals surface area contributed by atoms with Crippen molar-refractivity contribution >= 4 is 11.5 Å². The Morgan fingerprint density at radius 3 is 2.58 bits per heavy atom. The topological polar surface area (TPSA) is 84.2 Å². The summed E-state index contributed by atoms with van der Waals surface area (Å²) >= 11 is 0. The molecule has 0 saturated heterocycles. The molecular formula is C25H23N7O. The van der Waals surface area contributed by atoms with Crippen molar-refractivity contribution in [3.63, 3.8) is 0 Å². The van der Waals surface area contributed by atoms with Crippen molar-refractivity contribution in [2.75, 3.05) is 11.4 Å². The molecule has 0 saturated carbocycles. The highest BCUT2D eigenvalue weighted by atomic mass is 16.5. The quantitative estimate of drug-likeness (QED) is 0.448. The summed E-state index contributed by atoms with van der Waals surface area (Å²) in [6.07, 6.45) is 6.02. The van der Waals surface area contributed by atoms with Crippen LogP contribution in [0.2, 0.25) is 0 Å². The zero-order valence-corrected chi connectivity index (χ0v) is 18.4. The maximum absolute atomic E-state index is 5.87. The molecule has 1 aliphatic rings. The van der Waals surface area contributed by atoms with Gasteiger partial charge in [-0.05, 0) is 43.7 Å². The maximum atomic E-state index is 5.87. The van der Waals surface area contributed by atoms with Gasteiger partial charge in [0.1, 0.15) is 11.8 Å². The van der Waals surface area contributed by atoms with Crippen LogP contribution in [0.4, 0.5) is 5.95 Å². The highest BCUT2D eigenvalue weighted by molar-refractivity contribution is 5.58. The van der Waals surface area contributed by atoms with Gasteiger partial charge in [-0.15, -0.1) is 0 Å². The Hall–Kier alpha value is -4.20. The number of H-pyrrole nitrogens is 1. The van der Waals surface area contributed by atoms with Crippen LogP contribution in [0.5, 0.6) is 11.5 Å². The van der Waals surface area contributed by atoms with Crippen LogP contribution < -0.4 is 9.64 Å². The van der Waals surface area contributed by atoms with E-state index in [2.05, 4.69) is 56.9 Å². The lowest BCUT2D eigenvalue weighted by Crippen LogP contribution is -2.37. The lowest BCUT2D eigenvalue weighted by atomic mass is 10.00. The molecule has 0 radical (unpaired) electrons. The number of ether oxygens (including phenoxy) is 1. The fourth-order valence-corrected chi connectivity index (χ4v) is 4.41. The number of hydrogen-bond acceptors (Lipinski definition) is 6. The number of aryl methyl sites for hydroxylation is 2. The van der Waals surface area contributed by atoms with Crippen molar-refractivity contribution < 1.29 is 4.74 Å². The van der Waals surface area contributed by atoms with Crippen LogP contribution in [0.1, 0.15) is 34.4 Å². The standard InChI is InChI=1S/C25H23N7O/c1-16-8-9-17(2)32-22(16)12-21(30-32)24-23-20(28-15-29-23)10-11-31(24)25-26-13-19(14-27-25)33-18-6-4-3-5-7-18/h3-9,12-15,24H,10-11H2,1-2H3,(H,28,29)/t24-/m1/s1. The summed E-state index contributed by atoms with van der Waals surface area (Å²) in [7, 11) is 0. The number of aromatic amines is 1. The third-order valence-electron chi connectivity index (χ3n) is 6.10. The number of hydrogen-bond donors (Lipinski definition) is 1. The molecule has 33 heavy (non-hydrogen) atoms. The number of benzene rings is 1. The van der Waals surface area contributed by atoms with Crippen molar-refractivity contribution in [2.24, 2.45) is 0 Å². The number of nitrogens with one attached hydrogen (secondary N) is 1. The molecule has 0 bridgehead atoms. The Labute approximate surface area is 190 Å². The van der Waals surface area contributed by atoms with Gasteiger partial charge in [0.15, 0.2) is 5.75 Å². The summed E-state index contributed by atoms with van der Waals surface area (Å²) in [5.74, 6) is 1.97. The second-order valence-corrected chi connectivity index (χ2v) is 8.27. The summed E-state index contributed by atoms with van der Waals surface area (Å²) in [6.45, 7) is 4.93. The van der Waals surface area contributed by atoms with E-state index in [1.807, 2.05) is 34.8 Å². The Kier molecular flexibility index (Phi) is 4.57. The molecule has 4 aromatic heterocycles. The fraction of sp³-hybridized carbons (Fsp3) is 0.200. The summed E-state index contributed by atoms with van der Waals surface area (Å²) in [5, 5.41) is 4.97. The molecule has 0 unspecified atom stereocenters. The minimum Gasteiger partial charge on any atom is -0.454 e. The lowest BCUT2D eigenvalue weighted by Gasteiger charge is -2.33. The summed E-state index contributed by atoms with van der Waals surface area (Å²) in [4.78, 5) is 19.4. The molecular weight excluding hydrogens is 414 g/mol. The molecule has 8 heteroatoms. The number of fused-ring (bicyclic) bond motifs is 2. The average molecular weight is 438 g/mol. The molecule has 0 aliphatic carbocycles. The minimum atomic E-state index is -0.181. The van der Waals surface area contributed by atoms with Crippen molar-refractivity contribution in [3.05, 3.63) is 95.6 Å². The number of anilines is 1. The number of rotatable bonds is 4. The van der Waals surface area contributed by atoms with E-state index in [0.717, 1.165) is 47.0 Å². The van der Waals surface area contributed by atoms with Crippen LogP contribution in [0.15, 0.2) is 67.3 Å². The van der Waals surface area contributed by atoms with Gasteiger partial charge in [0.2, 0.25) is 5.95 Å². The van der Waals surface area contributed by atoms with E-state index < -0.39 is 0 Å². The predicted molar refractivity (Wildman–Crippen MR) is 125 cm³/mol. The van der Waals surface area contributed by atoms with E-state index >= 15 is 0 Å². The smallest absolute Gasteiger partial charge is 0.226 e. The lowest BCUT2D eigenvalue weighted by molar-refractivity contribution is 0.476. The highest BCUT2D eigenvalue weighted by Crippen LogP contribution is 2.36. The normalized spacial score (nSPS) is 15.6. The van der Waals surface area contributed by atoms with Gasteiger partial charge in [-0.3, -0.25) is 0 Å². The van der Waals surface area contributed by atoms with Gasteiger partial charge in [-0.2, -0.15) is 5.10 Å². The molecule has 0 spiro atoms. The SMILES string of the molecule is Cc1ccc(C)n2nc([C@@H]3c4nc[nH]c4CCN3c3ncc(Oc4ccccc4)cn3)cc12. The van der Waals surface area contributed by atoms with Crippen LogP contribution in [-0.2, 0) is 6.42 Å². The molecule has 8 nitrogen and oxygen atoms in total. The Balaban J connectivity index is 1.39. The largest absolute Gasteiger partial charge is 0.454 e. The molecule has 6 rings (SSSR count). The number of aromatic nitrogens is 6. The van der Waals surface area contributed by atoms with E-state index in [1.54, 1.807) is 18.7 Å². The van der Waals surface area contributed by atoms with E-state index in [1.165, 1.54) is 5.56 Å². The minimum absolute atomic E-state index is 0.181. The Bertz CT molecular complexity index is 1380. The molecule has 0 amide bonds. The summed E-state index contributed by atoms with van der Waals surface area (Å²) in [6, 6.07) is 15.8. The van der Waals surface area contributed by atoms with Gasteiger partial charge in [-0.1, -0.05) is 24.3 Å². The molecule has 1 aliphatic heterocycles. The third-order valence-corrected chi connectivity index (χ3v) is 6.10. The first-order chi connectivity index (χ1) is 16.2. The molecule has 0 fully saturated rings. The van der Waals surface area contributed by atoms with Crippen LogP contribution in [0.25, 0.3) is 5.52 Å². The van der Waals surface area contributed by atoms with Crippen molar-refractivity contribution in [2.45, 2.75) is 26.3 Å². The first-order valence-electron chi connectivity index (χ1n) is 11.0. The molecule has 5 aromatic rings. The average Bonchev–Trinajstić information content (AvgIpc) is 3.50. The van der Waals surface area contributed by atoms with Crippen molar-refractivity contribution in [1.82, 2.24) is 29.5 Å². The summed E-state index contributed by atoms with van der Waals surface area (Å²) in [5.41, 5.74) is 6.39. The van der Waals surface area contributed by atoms with Gasteiger partial charge in [0.05, 0.1) is 35.6 Å². The third kappa shape index (κ3) is 3.40. The van der Waals surface area contributed by atoms with E-state index in [9.17, 15) is 0 Å². The summed E-state index contributed by atoms with van der Waals surface area (Å²) < 4.78 is 7.87. The van der Waals surface area contributed by atoms with Crippen LogP contribution in [0, 0.1) is 13.8 Å². The van der Waals surface area contributed by atoms with Crippen LogP contribution in [0.3, 0.4) is 0 Å². The van der Waals surface area contributed by atoms with Gasteiger partial charge in [-0.25, -0.2) is 19.5 Å². The zero-order chi connectivity index (χ0) is 22.4. The van der Waals surface area contributed by atoms with E-state index in [4.69, 9.17) is 9.84 Å². The molecule has 5 heterocycles. The fourth-order valence-electron chi connectivity index (χ4n) is 4.41. The molecule has 164 valence electrons. The first kappa shape index (κ1) is 19.5. The second-order valence-electron chi connectivity index (χ2n) is 8.27. The van der Waals surface area contributed by atoms with E-state index in [-0.39, 0.29) is 6.04 Å². The van der Waals surface area contributed by atoms with Crippen molar-refractivity contribution in [1.29, 1.82) is 0 Å². The Morgan fingerprint density at radius 1 is 0.970 bits per heavy atom. The molecule has 1 N–H and O–H groups in total. The highest BCUT2D eigenvalue weighted by Gasteiger charge is 2.34. The number of imidazole rings is 1. The van der Waals surface area contributed by atoms with Crippen molar-refractivity contribution in [3.8, 4) is 11.5 Å².